The summed E-state index contributed by atoms with van der Waals surface area (Å²) in [5, 5.41) is 5.38. The van der Waals surface area contributed by atoms with Crippen molar-refractivity contribution in [2.24, 2.45) is 0 Å². The molecule has 0 aliphatic carbocycles. The molecule has 0 unspecified atom stereocenters. The van der Waals surface area contributed by atoms with Crippen molar-refractivity contribution in [1.29, 1.82) is 0 Å². The van der Waals surface area contributed by atoms with Gasteiger partial charge in [0.05, 0.1) is 18.4 Å². The normalized spacial score (nSPS) is 12.8. The Kier molecular flexibility index (Phi) is 7.80. The third-order valence-corrected chi connectivity index (χ3v) is 6.41. The number of esters is 1. The van der Waals surface area contributed by atoms with Gasteiger partial charge in [-0.1, -0.05) is 35.9 Å². The molecule has 10 heteroatoms. The fourth-order valence-electron chi connectivity index (χ4n) is 4.03. The van der Waals surface area contributed by atoms with E-state index < -0.39 is 17.8 Å². The molecule has 2 N–H and O–H groups in total. The molecule has 0 atom stereocenters. The maximum atomic E-state index is 13.1. The quantitative estimate of drug-likeness (QED) is 0.200. The summed E-state index contributed by atoms with van der Waals surface area (Å²) in [6.45, 7) is 0. The third kappa shape index (κ3) is 5.95. The van der Waals surface area contributed by atoms with Gasteiger partial charge in [0.1, 0.15) is 22.2 Å². The number of carbonyl (C=O) groups is 4. The van der Waals surface area contributed by atoms with Gasteiger partial charge in [-0.3, -0.25) is 14.4 Å². The Hall–Kier alpha value is -5.41. The van der Waals surface area contributed by atoms with Crippen LogP contribution >= 0.6 is 11.6 Å². The molecule has 0 radical (unpaired) electrons. The van der Waals surface area contributed by atoms with Crippen LogP contribution in [0.2, 0.25) is 0 Å². The van der Waals surface area contributed by atoms with E-state index in [-0.39, 0.29) is 27.9 Å². The van der Waals surface area contributed by atoms with E-state index in [0.717, 1.165) is 4.90 Å². The lowest BCUT2D eigenvalue weighted by atomic mass is 10.1. The van der Waals surface area contributed by atoms with E-state index >= 15 is 0 Å². The van der Waals surface area contributed by atoms with Gasteiger partial charge in [-0.15, -0.1) is 0 Å². The average Bonchev–Trinajstić information content (AvgIpc) is 3.21. The van der Waals surface area contributed by atoms with Crippen molar-refractivity contribution in [2.45, 2.75) is 0 Å². The molecule has 0 saturated carbocycles. The molecule has 204 valence electrons. The van der Waals surface area contributed by atoms with Gasteiger partial charge in [0.15, 0.2) is 0 Å². The molecule has 9 nitrogen and oxygen atoms in total. The highest BCUT2D eigenvalue weighted by atomic mass is 35.5. The maximum Gasteiger partial charge on any atom is 0.337 e. The number of hydrogen-bond donors (Lipinski definition) is 2. The number of nitrogens with one attached hydrogen (secondary N) is 2. The fourth-order valence-corrected chi connectivity index (χ4v) is 4.24. The second-order valence-corrected chi connectivity index (χ2v) is 9.15. The lowest BCUT2D eigenvalue weighted by molar-refractivity contribution is -0.120. The molecule has 0 fully saturated rings. The van der Waals surface area contributed by atoms with Crippen LogP contribution in [0.1, 0.15) is 20.7 Å². The van der Waals surface area contributed by atoms with Crippen molar-refractivity contribution in [3.05, 3.63) is 125 Å². The Bertz CT molecular complexity index is 1670. The molecule has 1 heterocycles. The lowest BCUT2D eigenvalue weighted by Crippen LogP contribution is -2.32. The summed E-state index contributed by atoms with van der Waals surface area (Å²) in [5.74, 6) is -1.02. The van der Waals surface area contributed by atoms with E-state index in [1.54, 1.807) is 42.5 Å². The number of anilines is 3. The van der Waals surface area contributed by atoms with Crippen LogP contribution in [-0.4, -0.2) is 30.8 Å². The molecule has 5 rings (SSSR count). The molecule has 3 amide bonds. The summed E-state index contributed by atoms with van der Waals surface area (Å²) in [5.41, 5.74) is 1.60. The first-order chi connectivity index (χ1) is 19.8. The van der Waals surface area contributed by atoms with Crippen LogP contribution in [0.4, 0.5) is 17.1 Å². The number of methoxy groups -OCH3 is 1. The number of halogens is 1. The molecule has 0 saturated heterocycles. The zero-order chi connectivity index (χ0) is 28.9. The van der Waals surface area contributed by atoms with Crippen molar-refractivity contribution in [3.8, 4) is 11.5 Å². The van der Waals surface area contributed by atoms with Gasteiger partial charge in [0.2, 0.25) is 0 Å². The van der Waals surface area contributed by atoms with Crippen LogP contribution in [0.25, 0.3) is 0 Å². The van der Waals surface area contributed by atoms with E-state index in [0.29, 0.717) is 28.4 Å². The topological polar surface area (TPSA) is 114 Å². The Morgan fingerprint density at radius 3 is 2.10 bits per heavy atom. The molecule has 0 aromatic heterocycles. The fraction of sp³-hybridized carbons (Fsp3) is 0.0323. The van der Waals surface area contributed by atoms with Crippen LogP contribution in [0.3, 0.4) is 0 Å². The maximum absolute atomic E-state index is 13.1. The van der Waals surface area contributed by atoms with Crippen molar-refractivity contribution >= 4 is 52.4 Å². The second kappa shape index (κ2) is 11.8. The van der Waals surface area contributed by atoms with E-state index in [1.807, 2.05) is 30.3 Å². The van der Waals surface area contributed by atoms with Crippen molar-refractivity contribution in [2.75, 3.05) is 22.6 Å². The highest BCUT2D eigenvalue weighted by Crippen LogP contribution is 2.31. The number of para-hydroxylation sites is 1. The monoisotopic (exact) mass is 567 g/mol. The minimum absolute atomic E-state index is 0.139. The average molecular weight is 568 g/mol. The van der Waals surface area contributed by atoms with E-state index in [9.17, 15) is 19.2 Å². The lowest BCUT2D eigenvalue weighted by Gasteiger charge is -2.15. The smallest absolute Gasteiger partial charge is 0.337 e. The number of hydrogen-bond acceptors (Lipinski definition) is 7. The standard InChI is InChI=1S/C31H22ClN3O6/c1-40-31(39)19-10-14-23(15-11-19)35-29(37)26(32)27(30(35)38)33-22-7-5-6-20(18-22)28(36)34-21-12-16-25(17-13-21)41-24-8-3-2-4-9-24/h2-18,33H,1H3,(H,34,36). The second-order valence-electron chi connectivity index (χ2n) is 8.77. The molecule has 0 spiro atoms. The first-order valence-corrected chi connectivity index (χ1v) is 12.7. The van der Waals surface area contributed by atoms with Gasteiger partial charge in [-0.05, 0) is 78.9 Å². The zero-order valence-corrected chi connectivity index (χ0v) is 22.3. The number of benzene rings is 4. The van der Waals surface area contributed by atoms with E-state index in [4.69, 9.17) is 16.3 Å². The van der Waals surface area contributed by atoms with Gasteiger partial charge < -0.3 is 20.1 Å². The number of rotatable bonds is 8. The van der Waals surface area contributed by atoms with Gasteiger partial charge in [-0.2, -0.15) is 0 Å². The number of ether oxygens (including phenoxy) is 2. The molecule has 41 heavy (non-hydrogen) atoms. The molecule has 1 aliphatic rings. The molecular formula is C31H22ClN3O6. The van der Waals surface area contributed by atoms with Gasteiger partial charge >= 0.3 is 5.97 Å². The minimum Gasteiger partial charge on any atom is -0.465 e. The summed E-state index contributed by atoms with van der Waals surface area (Å²) in [7, 11) is 1.25. The van der Waals surface area contributed by atoms with Gasteiger partial charge in [-0.25, -0.2) is 9.69 Å². The molecular weight excluding hydrogens is 546 g/mol. The van der Waals surface area contributed by atoms with Gasteiger partial charge in [0.25, 0.3) is 17.7 Å². The highest BCUT2D eigenvalue weighted by molar-refractivity contribution is 6.53. The van der Waals surface area contributed by atoms with Crippen LogP contribution in [-0.2, 0) is 14.3 Å². The van der Waals surface area contributed by atoms with Crippen molar-refractivity contribution < 1.29 is 28.7 Å². The zero-order valence-electron chi connectivity index (χ0n) is 21.6. The largest absolute Gasteiger partial charge is 0.465 e. The third-order valence-electron chi connectivity index (χ3n) is 6.06. The summed E-state index contributed by atoms with van der Waals surface area (Å²) in [6.07, 6.45) is 0. The number of amides is 3. The Balaban J connectivity index is 1.26. The predicted octanol–water partition coefficient (Wildman–Crippen LogP) is 5.95. The highest BCUT2D eigenvalue weighted by Gasteiger charge is 2.39. The van der Waals surface area contributed by atoms with Crippen LogP contribution in [0, 0.1) is 0 Å². The van der Waals surface area contributed by atoms with Crippen LogP contribution in [0.5, 0.6) is 11.5 Å². The minimum atomic E-state index is -0.724. The Labute approximate surface area is 239 Å². The SMILES string of the molecule is COC(=O)c1ccc(N2C(=O)C(Cl)=C(Nc3cccc(C(=O)Nc4ccc(Oc5ccccc5)cc4)c3)C2=O)cc1. The summed E-state index contributed by atoms with van der Waals surface area (Å²) in [4.78, 5) is 51.4. The Morgan fingerprint density at radius 2 is 1.41 bits per heavy atom. The molecule has 1 aliphatic heterocycles. The summed E-state index contributed by atoms with van der Waals surface area (Å²) >= 11 is 6.24. The first-order valence-electron chi connectivity index (χ1n) is 12.3. The predicted molar refractivity (Wildman–Crippen MR) is 154 cm³/mol. The number of imide groups is 1. The summed E-state index contributed by atoms with van der Waals surface area (Å²) in [6, 6.07) is 28.4. The molecule has 4 aromatic rings. The van der Waals surface area contributed by atoms with Crippen LogP contribution < -0.4 is 20.3 Å². The first kappa shape index (κ1) is 27.2. The number of nitrogens with zero attached hydrogens (tertiary/aromatic N) is 1. The number of carbonyl (C=O) groups excluding carboxylic acids is 4. The van der Waals surface area contributed by atoms with Gasteiger partial charge in [0, 0.05) is 16.9 Å². The summed E-state index contributed by atoms with van der Waals surface area (Å²) < 4.78 is 10.4. The van der Waals surface area contributed by atoms with E-state index in [2.05, 4.69) is 15.4 Å². The van der Waals surface area contributed by atoms with Crippen molar-refractivity contribution in [3.63, 3.8) is 0 Å². The van der Waals surface area contributed by atoms with Crippen molar-refractivity contribution in [1.82, 2.24) is 0 Å². The molecule has 0 bridgehead atoms. The molecule has 4 aromatic carbocycles. The van der Waals surface area contributed by atoms with E-state index in [1.165, 1.54) is 37.4 Å². The Morgan fingerprint density at radius 1 is 0.732 bits per heavy atom. The van der Waals surface area contributed by atoms with Crippen LogP contribution in [0.15, 0.2) is 114 Å².